The van der Waals surface area contributed by atoms with E-state index in [1.165, 1.54) is 25.3 Å². The number of carbonyl (C=O) groups is 1. The summed E-state index contributed by atoms with van der Waals surface area (Å²) in [5.41, 5.74) is 0.539. The molecule has 2 aromatic rings. The number of alkyl halides is 3. The van der Waals surface area contributed by atoms with Gasteiger partial charge >= 0.3 is 6.18 Å². The molecular formula is C18H16F3NO4S. The summed E-state index contributed by atoms with van der Waals surface area (Å²) < 4.78 is 53.7. The van der Waals surface area contributed by atoms with Gasteiger partial charge in [-0.1, -0.05) is 12.1 Å². The van der Waals surface area contributed by atoms with Crippen LogP contribution >= 0.6 is 11.8 Å². The first-order valence-electron chi connectivity index (χ1n) is 7.95. The van der Waals surface area contributed by atoms with Crippen LogP contribution in [0.15, 0.2) is 41.3 Å². The molecule has 144 valence electrons. The van der Waals surface area contributed by atoms with Gasteiger partial charge in [-0.05, 0) is 24.3 Å². The van der Waals surface area contributed by atoms with Crippen LogP contribution in [-0.4, -0.2) is 38.2 Å². The Balaban J connectivity index is 1.82. The molecule has 0 spiro atoms. The van der Waals surface area contributed by atoms with E-state index < -0.39 is 17.8 Å². The minimum Gasteiger partial charge on any atom is -0.493 e. The number of hydrogen-bond acceptors (Lipinski definition) is 5. The first-order valence-corrected chi connectivity index (χ1v) is 8.93. The highest BCUT2D eigenvalue weighted by atomic mass is 32.2. The maximum absolute atomic E-state index is 12.6. The third-order valence-corrected chi connectivity index (χ3v) is 4.76. The molecule has 1 heterocycles. The molecule has 1 aliphatic heterocycles. The fourth-order valence-corrected chi connectivity index (χ4v) is 3.22. The molecule has 0 atom stereocenters. The highest BCUT2D eigenvalue weighted by Crippen LogP contribution is 2.40. The number of ether oxygens (including phenoxy) is 3. The minimum atomic E-state index is -4.30. The summed E-state index contributed by atoms with van der Waals surface area (Å²) >= 11 is 0.613. The zero-order valence-electron chi connectivity index (χ0n) is 14.3. The van der Waals surface area contributed by atoms with Crippen molar-refractivity contribution in [3.05, 3.63) is 42.0 Å². The standard InChI is InChI=1S/C18H16F3NO4S/c1-24-13-8-11(9-14-16(13)26-7-6-25-14)17(23)22-12-4-2-3-5-15(12)27-10-18(19,20)21/h2-5,8-9H,6-7,10H2,1H3,(H,22,23). The van der Waals surface area contributed by atoms with Gasteiger partial charge in [0.1, 0.15) is 13.2 Å². The summed E-state index contributed by atoms with van der Waals surface area (Å²) in [6.45, 7) is 0.719. The third kappa shape index (κ3) is 4.79. The second kappa shape index (κ2) is 7.99. The van der Waals surface area contributed by atoms with Crippen LogP contribution in [0.2, 0.25) is 0 Å². The minimum absolute atomic E-state index is 0.242. The molecule has 0 fully saturated rings. The topological polar surface area (TPSA) is 56.8 Å². The van der Waals surface area contributed by atoms with Gasteiger partial charge in [-0.3, -0.25) is 4.79 Å². The first-order chi connectivity index (χ1) is 12.9. The maximum atomic E-state index is 12.6. The molecule has 0 aromatic heterocycles. The normalized spacial score (nSPS) is 13.2. The third-order valence-electron chi connectivity index (χ3n) is 3.62. The lowest BCUT2D eigenvalue weighted by Gasteiger charge is -2.21. The molecule has 0 saturated carbocycles. The van der Waals surface area contributed by atoms with Crippen LogP contribution in [0.4, 0.5) is 18.9 Å². The number of para-hydroxylation sites is 1. The van der Waals surface area contributed by atoms with Crippen molar-refractivity contribution in [3.63, 3.8) is 0 Å². The summed E-state index contributed by atoms with van der Waals surface area (Å²) in [5, 5.41) is 2.64. The quantitative estimate of drug-likeness (QED) is 0.757. The van der Waals surface area contributed by atoms with Gasteiger partial charge in [0.15, 0.2) is 11.5 Å². The number of rotatable bonds is 5. The number of nitrogens with one attached hydrogen (secondary N) is 1. The van der Waals surface area contributed by atoms with Crippen LogP contribution in [0.1, 0.15) is 10.4 Å². The second-order valence-electron chi connectivity index (χ2n) is 5.56. The van der Waals surface area contributed by atoms with E-state index >= 15 is 0 Å². The van der Waals surface area contributed by atoms with Crippen LogP contribution in [0.5, 0.6) is 17.2 Å². The van der Waals surface area contributed by atoms with E-state index in [0.717, 1.165) is 0 Å². The summed E-state index contributed by atoms with van der Waals surface area (Å²) in [6, 6.07) is 9.33. The summed E-state index contributed by atoms with van der Waals surface area (Å²) in [4.78, 5) is 13.0. The lowest BCUT2D eigenvalue weighted by Crippen LogP contribution is -2.18. The number of fused-ring (bicyclic) bond motifs is 1. The van der Waals surface area contributed by atoms with Crippen molar-refractivity contribution in [2.75, 3.05) is 31.4 Å². The van der Waals surface area contributed by atoms with Crippen LogP contribution in [-0.2, 0) is 0 Å². The van der Waals surface area contributed by atoms with E-state index in [1.807, 2.05) is 0 Å². The predicted octanol–water partition coefficient (Wildman–Crippen LogP) is 4.37. The largest absolute Gasteiger partial charge is 0.493 e. The molecule has 1 N–H and O–H groups in total. The highest BCUT2D eigenvalue weighted by molar-refractivity contribution is 7.99. The van der Waals surface area contributed by atoms with Crippen molar-refractivity contribution >= 4 is 23.4 Å². The van der Waals surface area contributed by atoms with Gasteiger partial charge in [0.2, 0.25) is 5.75 Å². The molecule has 0 bridgehead atoms. The Morgan fingerprint density at radius 1 is 1.22 bits per heavy atom. The second-order valence-corrected chi connectivity index (χ2v) is 6.57. The average Bonchev–Trinajstić information content (AvgIpc) is 2.65. The molecular weight excluding hydrogens is 383 g/mol. The molecule has 2 aromatic carbocycles. The van der Waals surface area contributed by atoms with Crippen molar-refractivity contribution < 1.29 is 32.2 Å². The monoisotopic (exact) mass is 399 g/mol. The molecule has 3 rings (SSSR count). The van der Waals surface area contributed by atoms with E-state index in [-0.39, 0.29) is 5.56 Å². The molecule has 27 heavy (non-hydrogen) atoms. The molecule has 5 nitrogen and oxygen atoms in total. The molecule has 0 radical (unpaired) electrons. The summed E-state index contributed by atoms with van der Waals surface area (Å²) in [6.07, 6.45) is -4.30. The molecule has 0 saturated heterocycles. The van der Waals surface area contributed by atoms with E-state index in [9.17, 15) is 18.0 Å². The SMILES string of the molecule is COc1cc(C(=O)Nc2ccccc2SCC(F)(F)F)cc2c1OCCO2. The number of benzene rings is 2. The number of hydrogen-bond donors (Lipinski definition) is 1. The van der Waals surface area contributed by atoms with Gasteiger partial charge in [-0.2, -0.15) is 13.2 Å². The Morgan fingerprint density at radius 2 is 1.96 bits per heavy atom. The number of thioether (sulfide) groups is 1. The number of methoxy groups -OCH3 is 1. The molecule has 9 heteroatoms. The van der Waals surface area contributed by atoms with Crippen molar-refractivity contribution in [3.8, 4) is 17.2 Å². The van der Waals surface area contributed by atoms with Crippen molar-refractivity contribution in [2.45, 2.75) is 11.1 Å². The lowest BCUT2D eigenvalue weighted by atomic mass is 10.1. The fraction of sp³-hybridized carbons (Fsp3) is 0.278. The van der Waals surface area contributed by atoms with Gasteiger partial charge in [-0.15, -0.1) is 11.8 Å². The number of carbonyl (C=O) groups excluding carboxylic acids is 1. The van der Waals surface area contributed by atoms with Crippen molar-refractivity contribution in [2.24, 2.45) is 0 Å². The Bertz CT molecular complexity index is 825. The maximum Gasteiger partial charge on any atom is 0.398 e. The number of amides is 1. The smallest absolute Gasteiger partial charge is 0.398 e. The molecule has 1 aliphatic rings. The molecule has 1 amide bonds. The van der Waals surface area contributed by atoms with Gasteiger partial charge < -0.3 is 19.5 Å². The Hall–Kier alpha value is -2.55. The van der Waals surface area contributed by atoms with Crippen LogP contribution < -0.4 is 19.5 Å². The number of halogens is 3. The van der Waals surface area contributed by atoms with E-state index in [4.69, 9.17) is 14.2 Å². The van der Waals surface area contributed by atoms with Crippen molar-refractivity contribution in [1.82, 2.24) is 0 Å². The zero-order valence-corrected chi connectivity index (χ0v) is 15.1. The Kier molecular flexibility index (Phi) is 5.69. The van der Waals surface area contributed by atoms with Gasteiger partial charge in [0.05, 0.1) is 18.6 Å². The van der Waals surface area contributed by atoms with Gasteiger partial charge in [0, 0.05) is 10.5 Å². The van der Waals surface area contributed by atoms with Gasteiger partial charge in [0.25, 0.3) is 5.91 Å². The highest BCUT2D eigenvalue weighted by Gasteiger charge is 2.28. The van der Waals surface area contributed by atoms with E-state index in [0.29, 0.717) is 52.8 Å². The summed E-state index contributed by atoms with van der Waals surface area (Å²) in [5.74, 6) is -0.396. The predicted molar refractivity (Wildman–Crippen MR) is 95.2 cm³/mol. The Labute approximate surface area is 157 Å². The van der Waals surface area contributed by atoms with Gasteiger partial charge in [-0.25, -0.2) is 0 Å². The lowest BCUT2D eigenvalue weighted by molar-refractivity contribution is -0.105. The van der Waals surface area contributed by atoms with Crippen molar-refractivity contribution in [1.29, 1.82) is 0 Å². The van der Waals surface area contributed by atoms with Crippen LogP contribution in [0.3, 0.4) is 0 Å². The fourth-order valence-electron chi connectivity index (χ4n) is 2.45. The first kappa shape index (κ1) is 19.2. The summed E-state index contributed by atoms with van der Waals surface area (Å²) in [7, 11) is 1.44. The average molecular weight is 399 g/mol. The molecule has 0 unspecified atom stereocenters. The van der Waals surface area contributed by atoms with E-state index in [2.05, 4.69) is 5.32 Å². The van der Waals surface area contributed by atoms with Crippen LogP contribution in [0, 0.1) is 0 Å². The molecule has 0 aliphatic carbocycles. The van der Waals surface area contributed by atoms with E-state index in [1.54, 1.807) is 18.2 Å². The zero-order chi connectivity index (χ0) is 19.4. The number of anilines is 1. The van der Waals surface area contributed by atoms with Crippen LogP contribution in [0.25, 0.3) is 0 Å². The Morgan fingerprint density at radius 3 is 2.70 bits per heavy atom.